The van der Waals surface area contributed by atoms with Crippen molar-refractivity contribution in [3.63, 3.8) is 0 Å². The predicted molar refractivity (Wildman–Crippen MR) is 95.1 cm³/mol. The molecule has 0 unspecified atom stereocenters. The van der Waals surface area contributed by atoms with Gasteiger partial charge in [0, 0.05) is 31.6 Å². The molecule has 1 fully saturated rings. The van der Waals surface area contributed by atoms with E-state index in [2.05, 4.69) is 27.5 Å². The second-order valence-corrected chi connectivity index (χ2v) is 7.49. The van der Waals surface area contributed by atoms with Crippen molar-refractivity contribution < 1.29 is 9.15 Å². The molecule has 6 nitrogen and oxygen atoms in total. The number of hydrogen-bond donors (Lipinski definition) is 2. The molecule has 1 aromatic heterocycles. The lowest BCUT2D eigenvalue weighted by atomic mass is 9.99. The van der Waals surface area contributed by atoms with E-state index in [1.165, 1.54) is 0 Å². The Labute approximate surface area is 142 Å². The van der Waals surface area contributed by atoms with Gasteiger partial charge in [0.15, 0.2) is 5.96 Å². The molecule has 0 radical (unpaired) electrons. The van der Waals surface area contributed by atoms with Gasteiger partial charge in [-0.05, 0) is 32.4 Å². The lowest BCUT2D eigenvalue weighted by Gasteiger charge is -2.37. The monoisotopic (exact) mass is 340 g/mol. The van der Waals surface area contributed by atoms with Crippen molar-refractivity contribution in [2.75, 3.05) is 32.6 Å². The van der Waals surface area contributed by atoms with Crippen molar-refractivity contribution in [1.82, 2.24) is 15.6 Å². The fraction of sp³-hybridized carbons (Fsp3) is 0.750. The van der Waals surface area contributed by atoms with Gasteiger partial charge in [0.2, 0.25) is 5.89 Å². The summed E-state index contributed by atoms with van der Waals surface area (Å²) < 4.78 is 11.3. The second kappa shape index (κ2) is 8.59. The van der Waals surface area contributed by atoms with Gasteiger partial charge in [-0.25, -0.2) is 4.98 Å². The van der Waals surface area contributed by atoms with Crippen LogP contribution < -0.4 is 10.6 Å². The number of aliphatic imine (C=N–C) groups is 1. The summed E-state index contributed by atoms with van der Waals surface area (Å²) in [5, 5.41) is 6.72. The van der Waals surface area contributed by atoms with Crippen molar-refractivity contribution in [2.24, 2.45) is 4.99 Å². The highest BCUT2D eigenvalue weighted by Crippen LogP contribution is 2.34. The Morgan fingerprint density at radius 1 is 1.30 bits per heavy atom. The molecule has 2 heterocycles. The fourth-order valence-corrected chi connectivity index (χ4v) is 3.90. The standard InChI is InChI=1S/C16H28N4O2S/c1-5-23-16(6-8-21-9-7-16)11-19-15(17-4)18-10-14-20-12(2)13(3)22-14/h5-11H2,1-4H3,(H2,17,18,19). The van der Waals surface area contributed by atoms with Crippen molar-refractivity contribution >= 4 is 17.7 Å². The van der Waals surface area contributed by atoms with Crippen LogP contribution >= 0.6 is 11.8 Å². The number of rotatable bonds is 6. The van der Waals surface area contributed by atoms with E-state index in [1.807, 2.05) is 25.6 Å². The number of thioether (sulfide) groups is 1. The fourth-order valence-electron chi connectivity index (χ4n) is 2.66. The van der Waals surface area contributed by atoms with Crippen LogP contribution in [0, 0.1) is 13.8 Å². The second-order valence-electron chi connectivity index (χ2n) is 5.76. The quantitative estimate of drug-likeness (QED) is 0.611. The average Bonchev–Trinajstić information content (AvgIpc) is 2.87. The summed E-state index contributed by atoms with van der Waals surface area (Å²) in [4.78, 5) is 8.67. The first kappa shape index (κ1) is 18.1. The highest BCUT2D eigenvalue weighted by Gasteiger charge is 2.32. The minimum Gasteiger partial charge on any atom is -0.444 e. The zero-order valence-electron chi connectivity index (χ0n) is 14.6. The topological polar surface area (TPSA) is 71.7 Å². The lowest BCUT2D eigenvalue weighted by Crippen LogP contribution is -2.48. The molecule has 130 valence electrons. The van der Waals surface area contributed by atoms with Gasteiger partial charge in [0.25, 0.3) is 0 Å². The third-order valence-corrected chi connectivity index (χ3v) is 5.59. The first-order valence-electron chi connectivity index (χ1n) is 8.17. The number of nitrogens with one attached hydrogen (secondary N) is 2. The Hall–Kier alpha value is -1.21. The van der Waals surface area contributed by atoms with Crippen LogP contribution in [0.3, 0.4) is 0 Å². The van der Waals surface area contributed by atoms with Crippen LogP contribution in [0.15, 0.2) is 9.41 Å². The first-order valence-corrected chi connectivity index (χ1v) is 9.16. The van der Waals surface area contributed by atoms with Crippen molar-refractivity contribution in [3.8, 4) is 0 Å². The minimum absolute atomic E-state index is 0.237. The molecular weight excluding hydrogens is 312 g/mol. The Bertz CT molecular complexity index is 499. The SMILES string of the molecule is CCSC1(CNC(=NC)NCc2nc(C)c(C)o2)CCOCC1. The third kappa shape index (κ3) is 5.14. The third-order valence-electron chi connectivity index (χ3n) is 4.14. The maximum absolute atomic E-state index is 5.59. The number of aryl methyl sites for hydroxylation is 2. The van der Waals surface area contributed by atoms with Crippen molar-refractivity contribution in [3.05, 3.63) is 17.3 Å². The van der Waals surface area contributed by atoms with E-state index in [0.717, 1.165) is 55.8 Å². The molecular formula is C16H28N4O2S. The van der Waals surface area contributed by atoms with Gasteiger partial charge in [-0.3, -0.25) is 4.99 Å². The molecule has 0 aliphatic carbocycles. The predicted octanol–water partition coefficient (Wildman–Crippen LogP) is 2.26. The van der Waals surface area contributed by atoms with Crippen LogP contribution in [0.1, 0.15) is 37.1 Å². The summed E-state index contributed by atoms with van der Waals surface area (Å²) in [7, 11) is 1.78. The molecule has 0 amide bonds. The summed E-state index contributed by atoms with van der Waals surface area (Å²) in [6, 6.07) is 0. The summed E-state index contributed by atoms with van der Waals surface area (Å²) >= 11 is 2.02. The van der Waals surface area contributed by atoms with Crippen LogP contribution in [0.25, 0.3) is 0 Å². The van der Waals surface area contributed by atoms with E-state index in [-0.39, 0.29) is 4.75 Å². The zero-order valence-corrected chi connectivity index (χ0v) is 15.4. The molecule has 0 atom stereocenters. The molecule has 0 bridgehead atoms. The number of oxazole rings is 1. The Kier molecular flexibility index (Phi) is 6.77. The number of aromatic nitrogens is 1. The minimum atomic E-state index is 0.237. The maximum atomic E-state index is 5.59. The van der Waals surface area contributed by atoms with E-state index < -0.39 is 0 Å². The molecule has 23 heavy (non-hydrogen) atoms. The Morgan fingerprint density at radius 3 is 2.61 bits per heavy atom. The smallest absolute Gasteiger partial charge is 0.214 e. The van der Waals surface area contributed by atoms with Gasteiger partial charge in [-0.1, -0.05) is 6.92 Å². The van der Waals surface area contributed by atoms with Crippen LogP contribution in [-0.2, 0) is 11.3 Å². The number of hydrogen-bond acceptors (Lipinski definition) is 5. The molecule has 2 N–H and O–H groups in total. The largest absolute Gasteiger partial charge is 0.444 e. The molecule has 7 heteroatoms. The molecule has 0 saturated carbocycles. The van der Waals surface area contributed by atoms with Gasteiger partial charge >= 0.3 is 0 Å². The van der Waals surface area contributed by atoms with Crippen LogP contribution in [0.4, 0.5) is 0 Å². The summed E-state index contributed by atoms with van der Waals surface area (Å²) in [5.41, 5.74) is 0.935. The normalized spacial score (nSPS) is 18.0. The lowest BCUT2D eigenvalue weighted by molar-refractivity contribution is 0.0782. The van der Waals surface area contributed by atoms with E-state index in [4.69, 9.17) is 9.15 Å². The Balaban J connectivity index is 1.86. The van der Waals surface area contributed by atoms with Crippen LogP contribution in [-0.4, -0.2) is 48.2 Å². The number of nitrogens with zero attached hydrogens (tertiary/aromatic N) is 2. The van der Waals surface area contributed by atoms with Gasteiger partial charge in [-0.15, -0.1) is 0 Å². The van der Waals surface area contributed by atoms with Gasteiger partial charge in [0.05, 0.1) is 12.2 Å². The number of ether oxygens (including phenoxy) is 1. The average molecular weight is 340 g/mol. The van der Waals surface area contributed by atoms with Gasteiger partial charge in [-0.2, -0.15) is 11.8 Å². The van der Waals surface area contributed by atoms with Crippen molar-refractivity contribution in [2.45, 2.75) is 44.9 Å². The number of guanidine groups is 1. The summed E-state index contributed by atoms with van der Waals surface area (Å²) in [5.74, 6) is 3.45. The van der Waals surface area contributed by atoms with E-state index >= 15 is 0 Å². The Morgan fingerprint density at radius 2 is 2.04 bits per heavy atom. The molecule has 1 saturated heterocycles. The van der Waals surface area contributed by atoms with Gasteiger partial charge < -0.3 is 19.8 Å². The van der Waals surface area contributed by atoms with Gasteiger partial charge in [0.1, 0.15) is 5.76 Å². The summed E-state index contributed by atoms with van der Waals surface area (Å²) in [6.07, 6.45) is 2.15. The maximum Gasteiger partial charge on any atom is 0.214 e. The molecule has 0 spiro atoms. The highest BCUT2D eigenvalue weighted by molar-refractivity contribution is 8.00. The van der Waals surface area contributed by atoms with Crippen molar-refractivity contribution in [1.29, 1.82) is 0 Å². The van der Waals surface area contributed by atoms with Crippen LogP contribution in [0.2, 0.25) is 0 Å². The first-order chi connectivity index (χ1) is 11.1. The molecule has 1 aromatic rings. The van der Waals surface area contributed by atoms with E-state index in [9.17, 15) is 0 Å². The molecule has 2 rings (SSSR count). The highest BCUT2D eigenvalue weighted by atomic mass is 32.2. The molecule has 1 aliphatic rings. The molecule has 0 aromatic carbocycles. The van der Waals surface area contributed by atoms with Crippen LogP contribution in [0.5, 0.6) is 0 Å². The van der Waals surface area contributed by atoms with E-state index in [0.29, 0.717) is 12.4 Å². The zero-order chi connectivity index (χ0) is 16.7. The van der Waals surface area contributed by atoms with E-state index in [1.54, 1.807) is 7.05 Å². The summed E-state index contributed by atoms with van der Waals surface area (Å²) in [6.45, 7) is 9.19. The molecule has 1 aliphatic heterocycles.